The maximum atomic E-state index is 5.52. The zero-order valence-electron chi connectivity index (χ0n) is 10.2. The standard InChI is InChI=1S/C12H28N2/c1-4-5-6-7-8-12(14-13)10-9-11(2)3/h11-12,14H,4-10,13H2,1-3H3. The molecule has 0 saturated heterocycles. The third-order valence-electron chi connectivity index (χ3n) is 2.73. The molecular formula is C12H28N2. The van der Waals surface area contributed by atoms with Crippen molar-refractivity contribution in [2.75, 3.05) is 0 Å². The van der Waals surface area contributed by atoms with E-state index in [2.05, 4.69) is 26.2 Å². The van der Waals surface area contributed by atoms with Gasteiger partial charge >= 0.3 is 0 Å². The lowest BCUT2D eigenvalue weighted by molar-refractivity contribution is 0.402. The van der Waals surface area contributed by atoms with Crippen molar-refractivity contribution in [3.8, 4) is 0 Å². The van der Waals surface area contributed by atoms with E-state index in [0.717, 1.165) is 5.92 Å². The van der Waals surface area contributed by atoms with E-state index in [0.29, 0.717) is 6.04 Å². The van der Waals surface area contributed by atoms with E-state index >= 15 is 0 Å². The van der Waals surface area contributed by atoms with Crippen LogP contribution in [0.4, 0.5) is 0 Å². The molecule has 1 atom stereocenters. The van der Waals surface area contributed by atoms with Gasteiger partial charge in [-0.1, -0.05) is 46.5 Å². The highest BCUT2D eigenvalue weighted by atomic mass is 15.2. The normalized spacial score (nSPS) is 13.5. The molecule has 3 N–H and O–H groups in total. The minimum Gasteiger partial charge on any atom is -0.271 e. The van der Waals surface area contributed by atoms with Gasteiger partial charge in [-0.2, -0.15) is 0 Å². The summed E-state index contributed by atoms with van der Waals surface area (Å²) in [5.74, 6) is 6.32. The lowest BCUT2D eigenvalue weighted by Gasteiger charge is -2.16. The summed E-state index contributed by atoms with van der Waals surface area (Å²) in [6, 6.07) is 0.536. The quantitative estimate of drug-likeness (QED) is 0.341. The fourth-order valence-corrected chi connectivity index (χ4v) is 1.66. The topological polar surface area (TPSA) is 38.0 Å². The van der Waals surface area contributed by atoms with Gasteiger partial charge in [-0.3, -0.25) is 11.3 Å². The predicted octanol–water partition coefficient (Wildman–Crippen LogP) is 3.22. The molecule has 2 nitrogen and oxygen atoms in total. The molecule has 0 aliphatic rings. The molecule has 0 aliphatic carbocycles. The van der Waals surface area contributed by atoms with Gasteiger partial charge in [-0.05, 0) is 25.2 Å². The first kappa shape index (κ1) is 13.9. The molecule has 0 bridgehead atoms. The minimum absolute atomic E-state index is 0.536. The first-order valence-electron chi connectivity index (χ1n) is 6.16. The summed E-state index contributed by atoms with van der Waals surface area (Å²) in [5.41, 5.74) is 2.93. The van der Waals surface area contributed by atoms with Gasteiger partial charge in [0.1, 0.15) is 0 Å². The second-order valence-corrected chi connectivity index (χ2v) is 4.68. The van der Waals surface area contributed by atoms with Crippen LogP contribution in [0.25, 0.3) is 0 Å². The highest BCUT2D eigenvalue weighted by Gasteiger charge is 2.06. The number of unbranched alkanes of at least 4 members (excludes halogenated alkanes) is 3. The van der Waals surface area contributed by atoms with E-state index in [9.17, 15) is 0 Å². The third kappa shape index (κ3) is 8.52. The van der Waals surface area contributed by atoms with Crippen molar-refractivity contribution >= 4 is 0 Å². The van der Waals surface area contributed by atoms with Crippen LogP contribution in [0, 0.1) is 5.92 Å². The lowest BCUT2D eigenvalue weighted by atomic mass is 9.99. The maximum absolute atomic E-state index is 5.52. The molecule has 0 saturated carbocycles. The molecule has 0 rings (SSSR count). The van der Waals surface area contributed by atoms with E-state index in [1.54, 1.807) is 0 Å². The Morgan fingerprint density at radius 1 is 1.00 bits per heavy atom. The fraction of sp³-hybridized carbons (Fsp3) is 1.00. The number of hydrogen-bond donors (Lipinski definition) is 2. The Morgan fingerprint density at radius 3 is 2.21 bits per heavy atom. The monoisotopic (exact) mass is 200 g/mol. The molecule has 86 valence electrons. The van der Waals surface area contributed by atoms with E-state index in [-0.39, 0.29) is 0 Å². The fourth-order valence-electron chi connectivity index (χ4n) is 1.66. The minimum atomic E-state index is 0.536. The summed E-state index contributed by atoms with van der Waals surface area (Å²) in [5, 5.41) is 0. The van der Waals surface area contributed by atoms with Gasteiger partial charge < -0.3 is 0 Å². The van der Waals surface area contributed by atoms with E-state index in [1.807, 2.05) is 0 Å². The second-order valence-electron chi connectivity index (χ2n) is 4.68. The second kappa shape index (κ2) is 9.47. The number of nitrogens with one attached hydrogen (secondary N) is 1. The average molecular weight is 200 g/mol. The van der Waals surface area contributed by atoms with Gasteiger partial charge in [0.2, 0.25) is 0 Å². The van der Waals surface area contributed by atoms with E-state index in [1.165, 1.54) is 44.9 Å². The van der Waals surface area contributed by atoms with Gasteiger partial charge in [0, 0.05) is 6.04 Å². The van der Waals surface area contributed by atoms with Crippen molar-refractivity contribution in [2.24, 2.45) is 11.8 Å². The average Bonchev–Trinajstić information content (AvgIpc) is 2.16. The highest BCUT2D eigenvalue weighted by Crippen LogP contribution is 2.12. The zero-order chi connectivity index (χ0) is 10.8. The molecule has 0 aromatic carbocycles. The molecular weight excluding hydrogens is 172 g/mol. The molecule has 14 heavy (non-hydrogen) atoms. The van der Waals surface area contributed by atoms with Gasteiger partial charge in [0.05, 0.1) is 0 Å². The molecule has 0 aromatic heterocycles. The molecule has 0 aliphatic heterocycles. The van der Waals surface area contributed by atoms with Crippen LogP contribution < -0.4 is 11.3 Å². The van der Waals surface area contributed by atoms with Crippen molar-refractivity contribution in [1.82, 2.24) is 5.43 Å². The van der Waals surface area contributed by atoms with E-state index in [4.69, 9.17) is 5.84 Å². The number of hydrazine groups is 1. The first-order chi connectivity index (χ1) is 6.70. The molecule has 0 spiro atoms. The van der Waals surface area contributed by atoms with Crippen LogP contribution >= 0.6 is 0 Å². The van der Waals surface area contributed by atoms with Crippen LogP contribution in [0.3, 0.4) is 0 Å². The van der Waals surface area contributed by atoms with Crippen molar-refractivity contribution in [3.63, 3.8) is 0 Å². The summed E-state index contributed by atoms with van der Waals surface area (Å²) in [6.45, 7) is 6.78. The number of nitrogens with two attached hydrogens (primary N) is 1. The van der Waals surface area contributed by atoms with E-state index < -0.39 is 0 Å². The smallest absolute Gasteiger partial charge is 0.0210 e. The molecule has 0 aromatic rings. The van der Waals surface area contributed by atoms with Crippen LogP contribution in [0.2, 0.25) is 0 Å². The SMILES string of the molecule is CCCCCCC(CCC(C)C)NN. The van der Waals surface area contributed by atoms with Crippen molar-refractivity contribution in [3.05, 3.63) is 0 Å². The lowest BCUT2D eigenvalue weighted by Crippen LogP contribution is -2.35. The third-order valence-corrected chi connectivity index (χ3v) is 2.73. The van der Waals surface area contributed by atoms with Gasteiger partial charge in [-0.15, -0.1) is 0 Å². The molecule has 0 heterocycles. The van der Waals surface area contributed by atoms with Crippen LogP contribution in [0.15, 0.2) is 0 Å². The molecule has 0 amide bonds. The largest absolute Gasteiger partial charge is 0.271 e. The van der Waals surface area contributed by atoms with Gasteiger partial charge in [0.25, 0.3) is 0 Å². The van der Waals surface area contributed by atoms with Gasteiger partial charge in [0.15, 0.2) is 0 Å². The Morgan fingerprint density at radius 2 is 1.71 bits per heavy atom. The molecule has 1 unspecified atom stereocenters. The van der Waals surface area contributed by atoms with Crippen LogP contribution in [-0.2, 0) is 0 Å². The van der Waals surface area contributed by atoms with Gasteiger partial charge in [-0.25, -0.2) is 0 Å². The predicted molar refractivity (Wildman–Crippen MR) is 63.9 cm³/mol. The molecule has 0 fully saturated rings. The van der Waals surface area contributed by atoms with Crippen LogP contribution in [0.5, 0.6) is 0 Å². The van der Waals surface area contributed by atoms with Crippen LogP contribution in [0.1, 0.15) is 65.7 Å². The first-order valence-corrected chi connectivity index (χ1v) is 6.16. The number of hydrogen-bond acceptors (Lipinski definition) is 2. The molecule has 2 heteroatoms. The Labute approximate surface area is 89.6 Å². The summed E-state index contributed by atoms with van der Waals surface area (Å²) in [7, 11) is 0. The Kier molecular flexibility index (Phi) is 9.42. The zero-order valence-corrected chi connectivity index (χ0v) is 10.2. The highest BCUT2D eigenvalue weighted by molar-refractivity contribution is 4.64. The Hall–Kier alpha value is -0.0800. The van der Waals surface area contributed by atoms with Crippen LogP contribution in [-0.4, -0.2) is 6.04 Å². The van der Waals surface area contributed by atoms with Crippen molar-refractivity contribution in [1.29, 1.82) is 0 Å². The molecule has 0 radical (unpaired) electrons. The number of rotatable bonds is 9. The van der Waals surface area contributed by atoms with Crippen molar-refractivity contribution < 1.29 is 0 Å². The summed E-state index contributed by atoms with van der Waals surface area (Å²) < 4.78 is 0. The van der Waals surface area contributed by atoms with Crippen molar-refractivity contribution in [2.45, 2.75) is 71.8 Å². The Balaban J connectivity index is 3.38. The maximum Gasteiger partial charge on any atom is 0.0210 e. The summed E-state index contributed by atoms with van der Waals surface area (Å²) in [6.07, 6.45) is 9.09. The Bertz CT molecular complexity index is 113. The summed E-state index contributed by atoms with van der Waals surface area (Å²) in [4.78, 5) is 0. The summed E-state index contributed by atoms with van der Waals surface area (Å²) >= 11 is 0.